The normalized spacial score (nSPS) is 11.6. The lowest BCUT2D eigenvalue weighted by molar-refractivity contribution is 0.414. The third-order valence-electron chi connectivity index (χ3n) is 6.89. The summed E-state index contributed by atoms with van der Waals surface area (Å²) in [6, 6.07) is 35.5. The number of hydrogen-bond donors (Lipinski definition) is 0. The Bertz CT molecular complexity index is 1790. The lowest BCUT2D eigenvalue weighted by Gasteiger charge is -2.11. The number of nitrogens with zero attached hydrogens (tertiary/aromatic N) is 3. The van der Waals surface area contributed by atoms with Gasteiger partial charge < -0.3 is 18.6 Å². The monoisotopic (exact) mass is 469 g/mol. The van der Waals surface area contributed by atoms with Gasteiger partial charge in [-0.2, -0.15) is 0 Å². The van der Waals surface area contributed by atoms with E-state index in [-0.39, 0.29) is 0 Å². The second-order valence-electron chi connectivity index (χ2n) is 8.83. The van der Waals surface area contributed by atoms with Crippen LogP contribution in [0.15, 0.2) is 103 Å². The predicted octanol–water partition coefficient (Wildman–Crippen LogP) is 7.29. The van der Waals surface area contributed by atoms with Crippen LogP contribution in [0, 0.1) is 0 Å². The van der Waals surface area contributed by atoms with Gasteiger partial charge in [0.2, 0.25) is 0 Å². The van der Waals surface area contributed by atoms with Crippen LogP contribution in [0.5, 0.6) is 11.5 Å². The summed E-state index contributed by atoms with van der Waals surface area (Å²) in [5.41, 5.74) is 8.34. The smallest absolute Gasteiger partial charge is 0.120 e. The summed E-state index contributed by atoms with van der Waals surface area (Å²) in [6.45, 7) is 0. The lowest BCUT2D eigenvalue weighted by atomic mass is 10.2. The van der Waals surface area contributed by atoms with Crippen molar-refractivity contribution in [3.05, 3.63) is 103 Å². The van der Waals surface area contributed by atoms with Gasteiger partial charge in [0.25, 0.3) is 0 Å². The fourth-order valence-electron chi connectivity index (χ4n) is 5.28. The van der Waals surface area contributed by atoms with Gasteiger partial charge >= 0.3 is 0 Å². The van der Waals surface area contributed by atoms with E-state index in [2.05, 4.69) is 88.0 Å². The minimum absolute atomic E-state index is 0.818. The second kappa shape index (κ2) is 7.89. The fraction of sp³-hybridized carbons (Fsp3) is 0.0645. The van der Waals surface area contributed by atoms with Crippen molar-refractivity contribution in [2.24, 2.45) is 0 Å². The molecule has 0 radical (unpaired) electrons. The fourth-order valence-corrected chi connectivity index (χ4v) is 5.28. The molecular weight excluding hydrogens is 446 g/mol. The van der Waals surface area contributed by atoms with Gasteiger partial charge in [0.05, 0.1) is 47.3 Å². The highest BCUT2D eigenvalue weighted by Crippen LogP contribution is 2.38. The van der Waals surface area contributed by atoms with Crippen LogP contribution in [0.25, 0.3) is 55.2 Å². The lowest BCUT2D eigenvalue weighted by Crippen LogP contribution is -1.97. The van der Waals surface area contributed by atoms with Gasteiger partial charge in [-0.15, -0.1) is 0 Å². The van der Waals surface area contributed by atoms with Crippen LogP contribution >= 0.6 is 0 Å². The Morgan fingerprint density at radius 3 is 1.44 bits per heavy atom. The minimum atomic E-state index is 0.818. The largest absolute Gasteiger partial charge is 0.497 e. The Kier molecular flexibility index (Phi) is 4.51. The second-order valence-corrected chi connectivity index (χ2v) is 8.83. The molecule has 0 aliphatic carbocycles. The zero-order valence-electron chi connectivity index (χ0n) is 20.0. The number of methoxy groups -OCH3 is 2. The van der Waals surface area contributed by atoms with Crippen LogP contribution in [0.4, 0.5) is 0 Å². The van der Waals surface area contributed by atoms with Crippen molar-refractivity contribution in [3.8, 4) is 22.9 Å². The SMILES string of the molecule is COc1cccc(-n2c3ccccc3c3nc4c5ccccc5n(-c5cccc(OC)c5)c4cc32)c1. The Morgan fingerprint density at radius 2 is 0.972 bits per heavy atom. The average Bonchev–Trinajstić information content (AvgIpc) is 3.44. The maximum Gasteiger partial charge on any atom is 0.120 e. The van der Waals surface area contributed by atoms with Crippen molar-refractivity contribution in [2.75, 3.05) is 14.2 Å². The van der Waals surface area contributed by atoms with Crippen LogP contribution in [-0.2, 0) is 0 Å². The molecule has 36 heavy (non-hydrogen) atoms. The van der Waals surface area contributed by atoms with Gasteiger partial charge in [-0.25, -0.2) is 4.98 Å². The van der Waals surface area contributed by atoms with Gasteiger partial charge in [0.15, 0.2) is 0 Å². The molecule has 0 atom stereocenters. The van der Waals surface area contributed by atoms with Gasteiger partial charge in [-0.3, -0.25) is 0 Å². The molecule has 0 amide bonds. The highest BCUT2D eigenvalue weighted by molar-refractivity contribution is 6.15. The van der Waals surface area contributed by atoms with Crippen molar-refractivity contribution in [2.45, 2.75) is 0 Å². The number of benzene rings is 4. The van der Waals surface area contributed by atoms with Crippen LogP contribution in [0.1, 0.15) is 0 Å². The van der Waals surface area contributed by atoms with Crippen LogP contribution in [0.3, 0.4) is 0 Å². The van der Waals surface area contributed by atoms with Gasteiger partial charge in [0, 0.05) is 34.3 Å². The van der Waals surface area contributed by atoms with Crippen molar-refractivity contribution in [1.29, 1.82) is 0 Å². The third kappa shape index (κ3) is 2.93. The summed E-state index contributed by atoms with van der Waals surface area (Å²) in [5, 5.41) is 2.24. The number of aromatic nitrogens is 3. The van der Waals surface area contributed by atoms with Gasteiger partial charge in [-0.05, 0) is 42.5 Å². The summed E-state index contributed by atoms with van der Waals surface area (Å²) in [6.07, 6.45) is 0. The molecule has 4 aromatic carbocycles. The molecule has 5 heteroatoms. The number of rotatable bonds is 4. The molecule has 3 aromatic heterocycles. The summed E-state index contributed by atoms with van der Waals surface area (Å²) >= 11 is 0. The van der Waals surface area contributed by atoms with E-state index in [1.54, 1.807) is 14.2 Å². The van der Waals surface area contributed by atoms with E-state index in [0.717, 1.165) is 66.7 Å². The van der Waals surface area contributed by atoms with E-state index in [1.165, 1.54) is 0 Å². The molecule has 3 heterocycles. The first-order valence-corrected chi connectivity index (χ1v) is 11.9. The summed E-state index contributed by atoms with van der Waals surface area (Å²) < 4.78 is 15.6. The van der Waals surface area contributed by atoms with E-state index >= 15 is 0 Å². The van der Waals surface area contributed by atoms with E-state index < -0.39 is 0 Å². The van der Waals surface area contributed by atoms with E-state index in [0.29, 0.717) is 0 Å². The average molecular weight is 470 g/mol. The molecule has 0 N–H and O–H groups in total. The zero-order valence-corrected chi connectivity index (χ0v) is 20.0. The van der Waals surface area contributed by atoms with E-state index in [4.69, 9.17) is 14.5 Å². The molecule has 7 rings (SSSR count). The molecule has 0 saturated heterocycles. The van der Waals surface area contributed by atoms with Gasteiger partial charge in [-0.1, -0.05) is 48.5 Å². The topological polar surface area (TPSA) is 41.2 Å². The number of para-hydroxylation sites is 2. The van der Waals surface area contributed by atoms with Crippen molar-refractivity contribution < 1.29 is 9.47 Å². The van der Waals surface area contributed by atoms with Crippen molar-refractivity contribution >= 4 is 43.9 Å². The first-order chi connectivity index (χ1) is 17.8. The van der Waals surface area contributed by atoms with E-state index in [1.807, 2.05) is 24.3 Å². The molecule has 0 aliphatic rings. The molecule has 0 bridgehead atoms. The summed E-state index contributed by atoms with van der Waals surface area (Å²) in [7, 11) is 3.39. The Labute approximate surface area is 207 Å². The molecule has 0 aliphatic heterocycles. The molecule has 0 spiro atoms. The quantitative estimate of drug-likeness (QED) is 0.272. The number of fused-ring (bicyclic) bond motifs is 6. The molecule has 0 unspecified atom stereocenters. The van der Waals surface area contributed by atoms with Crippen LogP contribution in [0.2, 0.25) is 0 Å². The van der Waals surface area contributed by atoms with Crippen LogP contribution in [-0.4, -0.2) is 28.3 Å². The highest BCUT2D eigenvalue weighted by atomic mass is 16.5. The maximum atomic E-state index is 5.54. The molecule has 5 nitrogen and oxygen atoms in total. The third-order valence-corrected chi connectivity index (χ3v) is 6.89. The first-order valence-electron chi connectivity index (χ1n) is 11.9. The Hall–Kier alpha value is -4.77. The number of pyridine rings is 1. The van der Waals surface area contributed by atoms with Crippen molar-refractivity contribution in [3.63, 3.8) is 0 Å². The van der Waals surface area contributed by atoms with Gasteiger partial charge in [0.1, 0.15) is 11.5 Å². The number of ether oxygens (including phenoxy) is 2. The highest BCUT2D eigenvalue weighted by Gasteiger charge is 2.19. The number of hydrogen-bond acceptors (Lipinski definition) is 3. The standard InChI is InChI=1S/C31H23N3O2/c1-35-22-11-7-9-20(17-22)33-26-15-5-3-13-24(26)30-28(33)19-29-31(32-30)25-14-4-6-16-27(25)34(29)21-10-8-12-23(18-21)36-2/h3-19H,1-2H3. The first kappa shape index (κ1) is 20.6. The molecular formula is C31H23N3O2. The zero-order chi connectivity index (χ0) is 24.2. The summed E-state index contributed by atoms with van der Waals surface area (Å²) in [4.78, 5) is 5.31. The van der Waals surface area contributed by atoms with Crippen LogP contribution < -0.4 is 9.47 Å². The van der Waals surface area contributed by atoms with E-state index in [9.17, 15) is 0 Å². The molecule has 0 saturated carbocycles. The maximum absolute atomic E-state index is 5.54. The molecule has 174 valence electrons. The van der Waals surface area contributed by atoms with Crippen molar-refractivity contribution in [1.82, 2.24) is 14.1 Å². The summed E-state index contributed by atoms with van der Waals surface area (Å²) in [5.74, 6) is 1.64. The predicted molar refractivity (Wildman–Crippen MR) is 146 cm³/mol. The Morgan fingerprint density at radius 1 is 0.500 bits per heavy atom. The minimum Gasteiger partial charge on any atom is -0.497 e. The molecule has 0 fully saturated rings. The Balaban J connectivity index is 1.65. The molecule has 7 aromatic rings.